The Kier molecular flexibility index (Phi) is 2.86. The van der Waals surface area contributed by atoms with E-state index < -0.39 is 0 Å². The number of benzene rings is 1. The number of rotatable bonds is 2. The number of hydrogen-bond donors (Lipinski definition) is 0. The minimum Gasteiger partial charge on any atom is -0.0801 e. The molecule has 76 valence electrons. The summed E-state index contributed by atoms with van der Waals surface area (Å²) in [6, 6.07) is 8.64. The first-order valence-electron chi connectivity index (χ1n) is 5.37. The molecule has 0 N–H and O–H groups in total. The molecule has 0 saturated carbocycles. The smallest absolute Gasteiger partial charge is 0.00917 e. The average molecular weight is 196 g/mol. The van der Waals surface area contributed by atoms with Gasteiger partial charge in [-0.05, 0) is 37.0 Å². The Morgan fingerprint density at radius 1 is 1.20 bits per heavy atom. The fourth-order valence-electron chi connectivity index (χ4n) is 1.75. The van der Waals surface area contributed by atoms with Crippen LogP contribution >= 0.6 is 0 Å². The molecule has 0 radical (unpaired) electrons. The van der Waals surface area contributed by atoms with Gasteiger partial charge in [-0.1, -0.05) is 54.1 Å². The van der Waals surface area contributed by atoms with Crippen LogP contribution in [0.3, 0.4) is 0 Å². The zero-order valence-corrected chi connectivity index (χ0v) is 9.33. The van der Waals surface area contributed by atoms with Gasteiger partial charge in [-0.3, -0.25) is 0 Å². The van der Waals surface area contributed by atoms with Gasteiger partial charge in [0.2, 0.25) is 0 Å². The molecule has 1 aliphatic carbocycles. The molecular formula is C15H16. The molecule has 1 aromatic carbocycles. The van der Waals surface area contributed by atoms with Crippen molar-refractivity contribution >= 4 is 6.08 Å². The maximum atomic E-state index is 2.25. The Labute approximate surface area is 91.6 Å². The van der Waals surface area contributed by atoms with Crippen molar-refractivity contribution in [1.82, 2.24) is 0 Å². The summed E-state index contributed by atoms with van der Waals surface area (Å²) in [7, 11) is 0. The molecule has 0 amide bonds. The highest BCUT2D eigenvalue weighted by molar-refractivity contribution is 5.59. The van der Waals surface area contributed by atoms with Crippen LogP contribution in [0.4, 0.5) is 0 Å². The summed E-state index contributed by atoms with van der Waals surface area (Å²) in [6.07, 6.45) is 9.84. The van der Waals surface area contributed by atoms with Gasteiger partial charge < -0.3 is 0 Å². The quantitative estimate of drug-likeness (QED) is 0.662. The van der Waals surface area contributed by atoms with Crippen LogP contribution < -0.4 is 0 Å². The summed E-state index contributed by atoms with van der Waals surface area (Å²) in [5.74, 6) is 0. The summed E-state index contributed by atoms with van der Waals surface area (Å²) >= 11 is 0. The van der Waals surface area contributed by atoms with Crippen LogP contribution in [0.5, 0.6) is 0 Å². The summed E-state index contributed by atoms with van der Waals surface area (Å²) in [5, 5.41) is 0. The Bertz CT molecular complexity index is 428. The minimum atomic E-state index is 1.08. The molecule has 1 aliphatic rings. The SMILES string of the molecule is CC(=Cc1ccc(C)cc1)C1=CC=CC1. The predicted molar refractivity (Wildman–Crippen MR) is 66.7 cm³/mol. The molecule has 0 fully saturated rings. The molecule has 0 nitrogen and oxygen atoms in total. The molecular weight excluding hydrogens is 180 g/mol. The molecule has 0 atom stereocenters. The van der Waals surface area contributed by atoms with E-state index in [1.54, 1.807) is 0 Å². The molecule has 0 aromatic heterocycles. The highest BCUT2D eigenvalue weighted by Gasteiger charge is 2.01. The molecule has 0 unspecified atom stereocenters. The van der Waals surface area contributed by atoms with E-state index in [0.29, 0.717) is 0 Å². The number of aryl methyl sites for hydroxylation is 1. The Balaban J connectivity index is 2.19. The van der Waals surface area contributed by atoms with Crippen molar-refractivity contribution in [3.05, 3.63) is 64.8 Å². The molecule has 2 rings (SSSR count). The second-order valence-corrected chi connectivity index (χ2v) is 4.06. The second-order valence-electron chi connectivity index (χ2n) is 4.06. The Morgan fingerprint density at radius 2 is 1.93 bits per heavy atom. The summed E-state index contributed by atoms with van der Waals surface area (Å²) in [4.78, 5) is 0. The van der Waals surface area contributed by atoms with Crippen LogP contribution in [-0.2, 0) is 0 Å². The maximum absolute atomic E-state index is 2.25. The molecule has 0 aliphatic heterocycles. The second kappa shape index (κ2) is 4.31. The van der Waals surface area contributed by atoms with E-state index in [4.69, 9.17) is 0 Å². The lowest BCUT2D eigenvalue weighted by atomic mass is 10.0. The standard InChI is InChI=1S/C15H16/c1-12-7-9-14(10-8-12)11-13(2)15-5-3-4-6-15/h3-5,7-11H,6H2,1-2H3. The van der Waals surface area contributed by atoms with Gasteiger partial charge in [0.15, 0.2) is 0 Å². The predicted octanol–water partition coefficient (Wildman–Crippen LogP) is 4.28. The normalized spacial score (nSPS) is 15.6. The van der Waals surface area contributed by atoms with Crippen LogP contribution in [0.25, 0.3) is 6.08 Å². The lowest BCUT2D eigenvalue weighted by Gasteiger charge is -2.02. The summed E-state index contributed by atoms with van der Waals surface area (Å²) in [5.41, 5.74) is 5.39. The summed E-state index contributed by atoms with van der Waals surface area (Å²) < 4.78 is 0. The third kappa shape index (κ3) is 2.47. The van der Waals surface area contributed by atoms with E-state index in [-0.39, 0.29) is 0 Å². The van der Waals surface area contributed by atoms with Crippen molar-refractivity contribution < 1.29 is 0 Å². The van der Waals surface area contributed by atoms with Crippen molar-refractivity contribution in [2.75, 3.05) is 0 Å². The van der Waals surface area contributed by atoms with Gasteiger partial charge >= 0.3 is 0 Å². The topological polar surface area (TPSA) is 0 Å². The zero-order chi connectivity index (χ0) is 10.7. The van der Waals surface area contributed by atoms with Gasteiger partial charge in [-0.2, -0.15) is 0 Å². The highest BCUT2D eigenvalue weighted by Crippen LogP contribution is 2.21. The van der Waals surface area contributed by atoms with E-state index in [1.165, 1.54) is 22.3 Å². The Morgan fingerprint density at radius 3 is 2.53 bits per heavy atom. The minimum absolute atomic E-state index is 1.08. The van der Waals surface area contributed by atoms with Gasteiger partial charge in [0.1, 0.15) is 0 Å². The fourth-order valence-corrected chi connectivity index (χ4v) is 1.75. The van der Waals surface area contributed by atoms with Gasteiger partial charge in [-0.25, -0.2) is 0 Å². The molecule has 0 heterocycles. The lowest BCUT2D eigenvalue weighted by molar-refractivity contribution is 1.25. The van der Waals surface area contributed by atoms with E-state index in [1.807, 2.05) is 0 Å². The van der Waals surface area contributed by atoms with Crippen molar-refractivity contribution in [2.24, 2.45) is 0 Å². The van der Waals surface area contributed by atoms with Gasteiger partial charge in [0, 0.05) is 0 Å². The van der Waals surface area contributed by atoms with Crippen molar-refractivity contribution in [2.45, 2.75) is 20.3 Å². The van der Waals surface area contributed by atoms with Crippen LogP contribution in [-0.4, -0.2) is 0 Å². The van der Waals surface area contributed by atoms with Crippen LogP contribution in [0.2, 0.25) is 0 Å². The first-order valence-corrected chi connectivity index (χ1v) is 5.37. The third-order valence-electron chi connectivity index (χ3n) is 2.74. The average Bonchev–Trinajstić information content (AvgIpc) is 2.74. The van der Waals surface area contributed by atoms with Crippen molar-refractivity contribution in [1.29, 1.82) is 0 Å². The maximum Gasteiger partial charge on any atom is -0.00917 e. The number of allylic oxidation sites excluding steroid dienone is 5. The molecule has 0 spiro atoms. The van der Waals surface area contributed by atoms with E-state index in [9.17, 15) is 0 Å². The lowest BCUT2D eigenvalue weighted by Crippen LogP contribution is -1.82. The van der Waals surface area contributed by atoms with E-state index in [2.05, 4.69) is 62.4 Å². The van der Waals surface area contributed by atoms with Crippen molar-refractivity contribution in [3.8, 4) is 0 Å². The molecule has 1 aromatic rings. The first kappa shape index (κ1) is 9.97. The highest BCUT2D eigenvalue weighted by atomic mass is 14.1. The van der Waals surface area contributed by atoms with Crippen molar-refractivity contribution in [3.63, 3.8) is 0 Å². The van der Waals surface area contributed by atoms with Gasteiger partial charge in [-0.15, -0.1) is 0 Å². The molecule has 0 saturated heterocycles. The largest absolute Gasteiger partial charge is 0.0801 e. The first-order chi connectivity index (χ1) is 7.25. The monoisotopic (exact) mass is 196 g/mol. The van der Waals surface area contributed by atoms with Crippen LogP contribution in [0.15, 0.2) is 53.6 Å². The fraction of sp³-hybridized carbons (Fsp3) is 0.200. The zero-order valence-electron chi connectivity index (χ0n) is 9.33. The molecule has 0 bridgehead atoms. The van der Waals surface area contributed by atoms with E-state index >= 15 is 0 Å². The number of hydrogen-bond acceptors (Lipinski definition) is 0. The van der Waals surface area contributed by atoms with Gasteiger partial charge in [0.25, 0.3) is 0 Å². The molecule has 15 heavy (non-hydrogen) atoms. The Hall–Kier alpha value is -1.56. The van der Waals surface area contributed by atoms with Gasteiger partial charge in [0.05, 0.1) is 0 Å². The van der Waals surface area contributed by atoms with Crippen LogP contribution in [0.1, 0.15) is 24.5 Å². The summed E-state index contributed by atoms with van der Waals surface area (Å²) in [6.45, 7) is 4.29. The van der Waals surface area contributed by atoms with E-state index in [0.717, 1.165) is 6.42 Å². The third-order valence-corrected chi connectivity index (χ3v) is 2.74. The molecule has 0 heteroatoms. The van der Waals surface area contributed by atoms with Crippen LogP contribution in [0, 0.1) is 6.92 Å².